The second-order valence-electron chi connectivity index (χ2n) is 6.68. The number of rotatable bonds is 10. The summed E-state index contributed by atoms with van der Waals surface area (Å²) in [5, 5.41) is 2.98. The first kappa shape index (κ1) is 20.5. The Morgan fingerprint density at radius 3 is 2.41 bits per heavy atom. The molecule has 1 N–H and O–H groups in total. The number of carbonyl (C=O) groups excluding carboxylic acids is 1. The fourth-order valence-corrected chi connectivity index (χ4v) is 3.08. The smallest absolute Gasteiger partial charge is 0.234 e. The molecule has 0 atom stereocenters. The molecule has 0 radical (unpaired) electrons. The Balaban J connectivity index is 1.60. The third kappa shape index (κ3) is 6.12. The normalized spacial score (nSPS) is 10.7. The van der Waals surface area contributed by atoms with Crippen molar-refractivity contribution < 1.29 is 18.7 Å². The van der Waals surface area contributed by atoms with E-state index >= 15 is 0 Å². The van der Waals surface area contributed by atoms with Crippen LogP contribution in [-0.2, 0) is 24.4 Å². The molecule has 1 amide bonds. The van der Waals surface area contributed by atoms with Crippen LogP contribution >= 0.6 is 0 Å². The van der Waals surface area contributed by atoms with Crippen LogP contribution in [0.3, 0.4) is 0 Å². The molecule has 6 heteroatoms. The Bertz CT molecular complexity index is 895. The largest absolute Gasteiger partial charge is 0.493 e. The predicted molar refractivity (Wildman–Crippen MR) is 111 cm³/mol. The number of hydrogen-bond acceptors (Lipinski definition) is 5. The van der Waals surface area contributed by atoms with Crippen molar-refractivity contribution >= 4 is 5.91 Å². The van der Waals surface area contributed by atoms with Crippen molar-refractivity contribution in [2.45, 2.75) is 19.6 Å². The van der Waals surface area contributed by atoms with Gasteiger partial charge >= 0.3 is 0 Å². The summed E-state index contributed by atoms with van der Waals surface area (Å²) in [5.74, 6) is 2.08. The van der Waals surface area contributed by atoms with Crippen molar-refractivity contribution in [1.82, 2.24) is 10.2 Å². The van der Waals surface area contributed by atoms with Crippen LogP contribution in [0.15, 0.2) is 71.3 Å². The maximum atomic E-state index is 12.6. The minimum absolute atomic E-state index is 0.0535. The van der Waals surface area contributed by atoms with Gasteiger partial charge in [0.1, 0.15) is 5.76 Å². The second kappa shape index (κ2) is 10.3. The maximum Gasteiger partial charge on any atom is 0.234 e. The van der Waals surface area contributed by atoms with Crippen molar-refractivity contribution in [1.29, 1.82) is 0 Å². The fraction of sp³-hybridized carbons (Fsp3) is 0.261. The molecular weight excluding hydrogens is 368 g/mol. The lowest BCUT2D eigenvalue weighted by molar-refractivity contribution is -0.122. The van der Waals surface area contributed by atoms with Crippen LogP contribution in [0.2, 0.25) is 0 Å². The van der Waals surface area contributed by atoms with Crippen LogP contribution in [0.25, 0.3) is 0 Å². The topological polar surface area (TPSA) is 63.9 Å². The summed E-state index contributed by atoms with van der Waals surface area (Å²) in [6, 6.07) is 19.5. The molecule has 0 bridgehead atoms. The molecule has 0 aliphatic heterocycles. The molecule has 152 valence electrons. The van der Waals surface area contributed by atoms with E-state index in [1.807, 2.05) is 48.5 Å². The summed E-state index contributed by atoms with van der Waals surface area (Å²) in [7, 11) is 3.19. The molecule has 3 rings (SSSR count). The summed E-state index contributed by atoms with van der Waals surface area (Å²) < 4.78 is 16.0. The van der Waals surface area contributed by atoms with Gasteiger partial charge in [0, 0.05) is 13.1 Å². The number of hydrogen-bond donors (Lipinski definition) is 1. The number of carbonyl (C=O) groups is 1. The monoisotopic (exact) mass is 394 g/mol. The number of methoxy groups -OCH3 is 2. The van der Waals surface area contributed by atoms with E-state index in [1.54, 1.807) is 20.5 Å². The molecule has 0 spiro atoms. The Morgan fingerprint density at radius 2 is 1.72 bits per heavy atom. The van der Waals surface area contributed by atoms with Gasteiger partial charge in [-0.1, -0.05) is 36.4 Å². The van der Waals surface area contributed by atoms with Crippen LogP contribution in [0, 0.1) is 0 Å². The summed E-state index contributed by atoms with van der Waals surface area (Å²) in [4.78, 5) is 14.6. The Morgan fingerprint density at radius 1 is 0.931 bits per heavy atom. The first-order valence-corrected chi connectivity index (χ1v) is 9.44. The van der Waals surface area contributed by atoms with E-state index in [2.05, 4.69) is 22.3 Å². The lowest BCUT2D eigenvalue weighted by Crippen LogP contribution is -2.36. The van der Waals surface area contributed by atoms with E-state index in [-0.39, 0.29) is 12.5 Å². The van der Waals surface area contributed by atoms with Gasteiger partial charge in [0.25, 0.3) is 0 Å². The predicted octanol–water partition coefficient (Wildman–Crippen LogP) is 3.62. The number of amides is 1. The highest BCUT2D eigenvalue weighted by atomic mass is 16.5. The second-order valence-corrected chi connectivity index (χ2v) is 6.68. The number of nitrogens with zero attached hydrogens (tertiary/aromatic N) is 1. The quantitative estimate of drug-likeness (QED) is 0.569. The average Bonchev–Trinajstić information content (AvgIpc) is 3.25. The Labute approximate surface area is 171 Å². The van der Waals surface area contributed by atoms with E-state index < -0.39 is 0 Å². The number of benzene rings is 2. The van der Waals surface area contributed by atoms with Crippen molar-refractivity contribution in [3.8, 4) is 11.5 Å². The summed E-state index contributed by atoms with van der Waals surface area (Å²) >= 11 is 0. The Hall–Kier alpha value is -3.25. The van der Waals surface area contributed by atoms with Crippen molar-refractivity contribution in [2.75, 3.05) is 20.8 Å². The highest BCUT2D eigenvalue weighted by molar-refractivity contribution is 5.78. The molecule has 3 aromatic rings. The lowest BCUT2D eigenvalue weighted by atomic mass is 10.2. The van der Waals surface area contributed by atoms with E-state index in [0.29, 0.717) is 31.1 Å². The molecule has 1 heterocycles. The van der Waals surface area contributed by atoms with Crippen LogP contribution in [0.1, 0.15) is 16.9 Å². The standard InChI is InChI=1S/C23H26N2O4/c1-27-21-11-10-19(13-22(21)28-2)14-24-23(26)17-25(16-20-9-6-12-29-20)15-18-7-4-3-5-8-18/h3-13H,14-17H2,1-2H3,(H,24,26). The molecule has 0 saturated heterocycles. The number of nitrogens with one attached hydrogen (secondary N) is 1. The van der Waals surface area contributed by atoms with Gasteiger partial charge in [-0.2, -0.15) is 0 Å². The fourth-order valence-electron chi connectivity index (χ4n) is 3.08. The first-order valence-electron chi connectivity index (χ1n) is 9.44. The zero-order chi connectivity index (χ0) is 20.5. The highest BCUT2D eigenvalue weighted by Crippen LogP contribution is 2.27. The molecule has 29 heavy (non-hydrogen) atoms. The molecule has 1 aromatic heterocycles. The number of furan rings is 1. The van der Waals surface area contributed by atoms with Gasteiger partial charge in [-0.25, -0.2) is 0 Å². The summed E-state index contributed by atoms with van der Waals surface area (Å²) in [5.41, 5.74) is 2.09. The first-order chi connectivity index (χ1) is 14.2. The van der Waals surface area contributed by atoms with Gasteiger partial charge in [-0.05, 0) is 35.4 Å². The van der Waals surface area contributed by atoms with Gasteiger partial charge < -0.3 is 19.2 Å². The molecule has 0 unspecified atom stereocenters. The molecule has 0 aliphatic carbocycles. The lowest BCUT2D eigenvalue weighted by Gasteiger charge is -2.21. The van der Waals surface area contributed by atoms with E-state index in [9.17, 15) is 4.79 Å². The number of ether oxygens (including phenoxy) is 2. The van der Waals surface area contributed by atoms with Crippen molar-refractivity contribution in [3.05, 3.63) is 83.8 Å². The van der Waals surface area contributed by atoms with Gasteiger partial charge in [0.2, 0.25) is 5.91 Å². The van der Waals surface area contributed by atoms with E-state index in [0.717, 1.165) is 16.9 Å². The van der Waals surface area contributed by atoms with Crippen molar-refractivity contribution in [2.24, 2.45) is 0 Å². The minimum atomic E-state index is -0.0535. The minimum Gasteiger partial charge on any atom is -0.493 e. The molecule has 6 nitrogen and oxygen atoms in total. The van der Waals surface area contributed by atoms with E-state index in [1.165, 1.54) is 0 Å². The van der Waals surface area contributed by atoms with Crippen LogP contribution in [0.5, 0.6) is 11.5 Å². The van der Waals surface area contributed by atoms with Crippen LogP contribution in [0.4, 0.5) is 0 Å². The zero-order valence-electron chi connectivity index (χ0n) is 16.8. The SMILES string of the molecule is COc1ccc(CNC(=O)CN(Cc2ccccc2)Cc2ccco2)cc1OC. The van der Waals surface area contributed by atoms with Crippen LogP contribution < -0.4 is 14.8 Å². The molecule has 2 aromatic carbocycles. The summed E-state index contributed by atoms with van der Waals surface area (Å²) in [6.45, 7) is 1.90. The third-order valence-electron chi connectivity index (χ3n) is 4.51. The molecular formula is C23H26N2O4. The Kier molecular flexibility index (Phi) is 7.30. The molecule has 0 fully saturated rings. The average molecular weight is 394 g/mol. The highest BCUT2D eigenvalue weighted by Gasteiger charge is 2.14. The van der Waals surface area contributed by atoms with E-state index in [4.69, 9.17) is 13.9 Å². The van der Waals surface area contributed by atoms with Gasteiger partial charge in [0.05, 0.1) is 33.6 Å². The summed E-state index contributed by atoms with van der Waals surface area (Å²) in [6.07, 6.45) is 1.65. The maximum absolute atomic E-state index is 12.6. The van der Waals surface area contributed by atoms with Gasteiger partial charge in [-0.3, -0.25) is 9.69 Å². The van der Waals surface area contributed by atoms with Crippen molar-refractivity contribution in [3.63, 3.8) is 0 Å². The zero-order valence-corrected chi connectivity index (χ0v) is 16.8. The van der Waals surface area contributed by atoms with Gasteiger partial charge in [0.15, 0.2) is 11.5 Å². The third-order valence-corrected chi connectivity index (χ3v) is 4.51. The van der Waals surface area contributed by atoms with Crippen LogP contribution in [-0.4, -0.2) is 31.6 Å². The molecule has 0 saturated carbocycles. The van der Waals surface area contributed by atoms with Gasteiger partial charge in [-0.15, -0.1) is 0 Å². The molecule has 0 aliphatic rings.